The van der Waals surface area contributed by atoms with Crippen molar-refractivity contribution in [1.82, 2.24) is 10.2 Å². The van der Waals surface area contributed by atoms with Crippen molar-refractivity contribution < 1.29 is 9.53 Å². The lowest BCUT2D eigenvalue weighted by Crippen LogP contribution is -2.44. The number of para-hydroxylation sites is 1. The molecule has 1 saturated heterocycles. The van der Waals surface area contributed by atoms with Gasteiger partial charge in [-0.05, 0) is 50.2 Å². The highest BCUT2D eigenvalue weighted by Crippen LogP contribution is 2.19. The van der Waals surface area contributed by atoms with E-state index >= 15 is 0 Å². The number of piperazine rings is 1. The van der Waals surface area contributed by atoms with Crippen LogP contribution in [-0.2, 0) is 6.42 Å². The highest BCUT2D eigenvalue weighted by Gasteiger charge is 2.14. The van der Waals surface area contributed by atoms with E-state index in [1.807, 2.05) is 25.1 Å². The summed E-state index contributed by atoms with van der Waals surface area (Å²) in [5.41, 5.74) is 3.09. The first-order valence-electron chi connectivity index (χ1n) is 9.70. The molecule has 144 valence electrons. The van der Waals surface area contributed by atoms with Crippen molar-refractivity contribution >= 4 is 11.6 Å². The molecule has 0 saturated carbocycles. The number of carbonyl (C=O) groups excluding carboxylic acids is 1. The fourth-order valence-corrected chi connectivity index (χ4v) is 3.29. The first kappa shape index (κ1) is 19.2. The van der Waals surface area contributed by atoms with Gasteiger partial charge in [0.15, 0.2) is 0 Å². The van der Waals surface area contributed by atoms with Crippen LogP contribution in [0.4, 0.5) is 5.69 Å². The Balaban J connectivity index is 1.50. The van der Waals surface area contributed by atoms with Gasteiger partial charge in [0.25, 0.3) is 5.91 Å². The quantitative estimate of drug-likeness (QED) is 0.817. The van der Waals surface area contributed by atoms with Crippen LogP contribution in [0.5, 0.6) is 5.75 Å². The van der Waals surface area contributed by atoms with E-state index in [9.17, 15) is 4.79 Å². The fourth-order valence-electron chi connectivity index (χ4n) is 3.29. The predicted octanol–water partition coefficient (Wildman–Crippen LogP) is 2.81. The zero-order chi connectivity index (χ0) is 19.1. The zero-order valence-corrected chi connectivity index (χ0v) is 16.3. The van der Waals surface area contributed by atoms with Crippen LogP contribution in [0.2, 0.25) is 0 Å². The second-order valence-electron chi connectivity index (χ2n) is 6.89. The van der Waals surface area contributed by atoms with Gasteiger partial charge in [0.2, 0.25) is 0 Å². The van der Waals surface area contributed by atoms with Crippen LogP contribution >= 0.6 is 0 Å². The lowest BCUT2D eigenvalue weighted by atomic mass is 10.1. The molecule has 0 atom stereocenters. The summed E-state index contributed by atoms with van der Waals surface area (Å²) >= 11 is 0. The van der Waals surface area contributed by atoms with Crippen molar-refractivity contribution in [2.45, 2.75) is 13.3 Å². The number of rotatable bonds is 7. The summed E-state index contributed by atoms with van der Waals surface area (Å²) < 4.78 is 5.53. The maximum absolute atomic E-state index is 12.4. The van der Waals surface area contributed by atoms with Gasteiger partial charge in [0.1, 0.15) is 5.75 Å². The van der Waals surface area contributed by atoms with E-state index in [2.05, 4.69) is 46.4 Å². The van der Waals surface area contributed by atoms with Crippen LogP contribution in [0.3, 0.4) is 0 Å². The number of anilines is 1. The standard InChI is InChI=1S/C22H29N3O2/c1-3-27-21-7-5-4-6-20(21)22(26)23-13-12-18-8-10-19(11-9-18)25-16-14-24(2)15-17-25/h4-11H,3,12-17H2,1-2H3,(H,23,26). The van der Waals surface area contributed by atoms with Gasteiger partial charge in [-0.25, -0.2) is 0 Å². The third-order valence-corrected chi connectivity index (χ3v) is 4.94. The number of ether oxygens (including phenoxy) is 1. The van der Waals surface area contributed by atoms with E-state index in [0.29, 0.717) is 24.5 Å². The molecular formula is C22H29N3O2. The Hall–Kier alpha value is -2.53. The van der Waals surface area contributed by atoms with Gasteiger partial charge in [-0.1, -0.05) is 24.3 Å². The first-order chi connectivity index (χ1) is 13.2. The minimum absolute atomic E-state index is 0.0897. The summed E-state index contributed by atoms with van der Waals surface area (Å²) in [5.74, 6) is 0.544. The second-order valence-corrected chi connectivity index (χ2v) is 6.89. The summed E-state index contributed by atoms with van der Waals surface area (Å²) in [7, 11) is 2.17. The number of hydrogen-bond donors (Lipinski definition) is 1. The average molecular weight is 367 g/mol. The number of benzene rings is 2. The lowest BCUT2D eigenvalue weighted by Gasteiger charge is -2.34. The maximum Gasteiger partial charge on any atom is 0.255 e. The zero-order valence-electron chi connectivity index (χ0n) is 16.3. The molecule has 5 nitrogen and oxygen atoms in total. The van der Waals surface area contributed by atoms with Gasteiger partial charge in [-0.15, -0.1) is 0 Å². The molecule has 1 aliphatic rings. The van der Waals surface area contributed by atoms with Crippen molar-refractivity contribution in [3.8, 4) is 5.75 Å². The van der Waals surface area contributed by atoms with Gasteiger partial charge in [0, 0.05) is 38.4 Å². The normalized spacial score (nSPS) is 14.8. The molecule has 5 heteroatoms. The molecule has 1 heterocycles. The molecule has 0 spiro atoms. The van der Waals surface area contributed by atoms with E-state index < -0.39 is 0 Å². The van der Waals surface area contributed by atoms with Crippen molar-refractivity contribution in [3.05, 3.63) is 59.7 Å². The van der Waals surface area contributed by atoms with Crippen molar-refractivity contribution in [2.24, 2.45) is 0 Å². The molecular weight excluding hydrogens is 338 g/mol. The molecule has 1 N–H and O–H groups in total. The molecule has 0 aliphatic carbocycles. The highest BCUT2D eigenvalue weighted by atomic mass is 16.5. The highest BCUT2D eigenvalue weighted by molar-refractivity contribution is 5.96. The third-order valence-electron chi connectivity index (χ3n) is 4.94. The van der Waals surface area contributed by atoms with Crippen molar-refractivity contribution in [1.29, 1.82) is 0 Å². The molecule has 0 aromatic heterocycles. The fraction of sp³-hybridized carbons (Fsp3) is 0.409. The average Bonchev–Trinajstić information content (AvgIpc) is 2.70. The largest absolute Gasteiger partial charge is 0.493 e. The number of carbonyl (C=O) groups is 1. The molecule has 0 unspecified atom stereocenters. The van der Waals surface area contributed by atoms with E-state index in [1.165, 1.54) is 11.3 Å². The van der Waals surface area contributed by atoms with Gasteiger partial charge in [-0.2, -0.15) is 0 Å². The van der Waals surface area contributed by atoms with Gasteiger partial charge >= 0.3 is 0 Å². The SMILES string of the molecule is CCOc1ccccc1C(=O)NCCc1ccc(N2CCN(C)CC2)cc1. The van der Waals surface area contributed by atoms with E-state index in [1.54, 1.807) is 6.07 Å². The number of nitrogens with one attached hydrogen (secondary N) is 1. The second kappa shape index (κ2) is 9.42. The van der Waals surface area contributed by atoms with Crippen LogP contribution < -0.4 is 15.0 Å². The van der Waals surface area contributed by atoms with Crippen molar-refractivity contribution in [3.63, 3.8) is 0 Å². The smallest absolute Gasteiger partial charge is 0.255 e. The number of hydrogen-bond acceptors (Lipinski definition) is 4. The van der Waals surface area contributed by atoms with E-state index in [4.69, 9.17) is 4.74 Å². The molecule has 27 heavy (non-hydrogen) atoms. The van der Waals surface area contributed by atoms with Crippen LogP contribution in [0.15, 0.2) is 48.5 Å². The lowest BCUT2D eigenvalue weighted by molar-refractivity contribution is 0.0950. The summed E-state index contributed by atoms with van der Waals surface area (Å²) in [5, 5.41) is 2.99. The number of likely N-dealkylation sites (N-methyl/N-ethyl adjacent to an activating group) is 1. The van der Waals surface area contributed by atoms with E-state index in [0.717, 1.165) is 32.6 Å². The van der Waals surface area contributed by atoms with Crippen LogP contribution in [-0.4, -0.2) is 57.2 Å². The summed E-state index contributed by atoms with van der Waals surface area (Å²) in [6.07, 6.45) is 0.811. The summed E-state index contributed by atoms with van der Waals surface area (Å²) in [6.45, 7) is 7.43. The molecule has 1 fully saturated rings. The molecule has 1 aliphatic heterocycles. The summed E-state index contributed by atoms with van der Waals surface area (Å²) in [6, 6.07) is 16.1. The third kappa shape index (κ3) is 5.23. The number of nitrogens with zero attached hydrogens (tertiary/aromatic N) is 2. The first-order valence-corrected chi connectivity index (χ1v) is 9.70. The topological polar surface area (TPSA) is 44.8 Å². The molecule has 2 aromatic rings. The maximum atomic E-state index is 12.4. The molecule has 0 bridgehead atoms. The molecule has 3 rings (SSSR count). The van der Waals surface area contributed by atoms with Crippen LogP contribution in [0.1, 0.15) is 22.8 Å². The predicted molar refractivity (Wildman–Crippen MR) is 110 cm³/mol. The van der Waals surface area contributed by atoms with Gasteiger partial charge in [0.05, 0.1) is 12.2 Å². The molecule has 2 aromatic carbocycles. The number of amides is 1. The van der Waals surface area contributed by atoms with Crippen LogP contribution in [0.25, 0.3) is 0 Å². The minimum Gasteiger partial charge on any atom is -0.493 e. The molecule has 1 amide bonds. The van der Waals surface area contributed by atoms with E-state index in [-0.39, 0.29) is 5.91 Å². The van der Waals surface area contributed by atoms with Gasteiger partial charge in [-0.3, -0.25) is 4.79 Å². The monoisotopic (exact) mass is 367 g/mol. The Kier molecular flexibility index (Phi) is 6.71. The van der Waals surface area contributed by atoms with Crippen molar-refractivity contribution in [2.75, 3.05) is 51.3 Å². The molecule has 0 radical (unpaired) electrons. The Morgan fingerprint density at radius 2 is 1.74 bits per heavy atom. The Morgan fingerprint density at radius 1 is 1.04 bits per heavy atom. The summed E-state index contributed by atoms with van der Waals surface area (Å²) in [4.78, 5) is 17.2. The Labute approximate surface area is 161 Å². The minimum atomic E-state index is -0.0897. The Morgan fingerprint density at radius 3 is 2.44 bits per heavy atom. The van der Waals surface area contributed by atoms with Crippen LogP contribution in [0, 0.1) is 0 Å². The van der Waals surface area contributed by atoms with Gasteiger partial charge < -0.3 is 19.9 Å². The Bertz CT molecular complexity index is 737.